The third-order valence-corrected chi connectivity index (χ3v) is 5.91. The average molecular weight is 433 g/mol. The van der Waals surface area contributed by atoms with E-state index < -0.39 is 5.82 Å². The van der Waals surface area contributed by atoms with Gasteiger partial charge in [0.2, 0.25) is 0 Å². The van der Waals surface area contributed by atoms with Gasteiger partial charge in [0.05, 0.1) is 21.8 Å². The molecule has 0 radical (unpaired) electrons. The van der Waals surface area contributed by atoms with Crippen LogP contribution in [0.3, 0.4) is 0 Å². The second-order valence-corrected chi connectivity index (χ2v) is 9.43. The van der Waals surface area contributed by atoms with Crippen LogP contribution in [0.15, 0.2) is 24.3 Å². The molecule has 2 aromatic rings. The molecule has 1 aromatic carbocycles. The molecule has 160 valence electrons. The van der Waals surface area contributed by atoms with Crippen molar-refractivity contribution in [2.45, 2.75) is 45.1 Å². The van der Waals surface area contributed by atoms with Crippen molar-refractivity contribution < 1.29 is 14.0 Å². The maximum atomic E-state index is 13.3. The Hall–Kier alpha value is -2.41. The van der Waals surface area contributed by atoms with Crippen LogP contribution in [0.2, 0.25) is 5.02 Å². The standard InChI is InChI=1S/C22H26ClFN4O2/c1-22(2,3)28-19(13-18(25-28)14-4-5-14)21(30)27-10-8-26(9-11-27)20(29)16-7-6-15(24)12-17(16)23/h6-7,12-14H,4-5,8-11H2,1-3H3. The molecule has 1 saturated heterocycles. The molecule has 2 aliphatic rings. The summed E-state index contributed by atoms with van der Waals surface area (Å²) in [5.74, 6) is -0.317. The Bertz CT molecular complexity index is 986. The maximum absolute atomic E-state index is 13.3. The first-order chi connectivity index (χ1) is 14.1. The van der Waals surface area contributed by atoms with Gasteiger partial charge in [0, 0.05) is 32.1 Å². The third kappa shape index (κ3) is 4.08. The summed E-state index contributed by atoms with van der Waals surface area (Å²) in [7, 11) is 0. The molecule has 1 aliphatic carbocycles. The molecule has 1 aliphatic heterocycles. The Balaban J connectivity index is 1.47. The number of nitrogens with zero attached hydrogens (tertiary/aromatic N) is 4. The van der Waals surface area contributed by atoms with Crippen molar-refractivity contribution in [3.8, 4) is 0 Å². The highest BCUT2D eigenvalue weighted by molar-refractivity contribution is 6.33. The van der Waals surface area contributed by atoms with Gasteiger partial charge in [-0.1, -0.05) is 11.6 Å². The zero-order chi connectivity index (χ0) is 21.6. The van der Waals surface area contributed by atoms with Crippen molar-refractivity contribution in [1.82, 2.24) is 19.6 Å². The molecule has 0 bridgehead atoms. The van der Waals surface area contributed by atoms with Gasteiger partial charge < -0.3 is 9.80 Å². The zero-order valence-corrected chi connectivity index (χ0v) is 18.2. The highest BCUT2D eigenvalue weighted by Gasteiger charge is 2.34. The minimum atomic E-state index is -0.479. The van der Waals surface area contributed by atoms with Crippen LogP contribution in [0.4, 0.5) is 4.39 Å². The van der Waals surface area contributed by atoms with Crippen molar-refractivity contribution in [3.63, 3.8) is 0 Å². The summed E-state index contributed by atoms with van der Waals surface area (Å²) in [6.07, 6.45) is 2.25. The molecule has 0 unspecified atom stereocenters. The Labute approximate surface area is 180 Å². The van der Waals surface area contributed by atoms with Crippen LogP contribution in [0.5, 0.6) is 0 Å². The quantitative estimate of drug-likeness (QED) is 0.738. The number of hydrogen-bond donors (Lipinski definition) is 0. The molecular formula is C22H26ClFN4O2. The molecule has 2 heterocycles. The van der Waals surface area contributed by atoms with Gasteiger partial charge in [-0.15, -0.1) is 0 Å². The molecular weight excluding hydrogens is 407 g/mol. The molecule has 2 amide bonds. The first kappa shape index (κ1) is 20.8. The van der Waals surface area contributed by atoms with Crippen LogP contribution in [0.25, 0.3) is 0 Å². The van der Waals surface area contributed by atoms with Gasteiger partial charge in [-0.05, 0) is 57.9 Å². The van der Waals surface area contributed by atoms with Crippen molar-refractivity contribution in [1.29, 1.82) is 0 Å². The minimum absolute atomic E-state index is 0.0590. The van der Waals surface area contributed by atoms with Gasteiger partial charge in [-0.25, -0.2) is 4.39 Å². The normalized spacial score (nSPS) is 17.4. The fourth-order valence-electron chi connectivity index (χ4n) is 3.75. The number of carbonyl (C=O) groups excluding carboxylic acids is 2. The van der Waals surface area contributed by atoms with Crippen LogP contribution in [0, 0.1) is 5.82 Å². The molecule has 30 heavy (non-hydrogen) atoms. The van der Waals surface area contributed by atoms with Crippen LogP contribution >= 0.6 is 11.6 Å². The molecule has 4 rings (SSSR count). The van der Waals surface area contributed by atoms with Crippen molar-refractivity contribution in [2.24, 2.45) is 0 Å². The Morgan fingerprint density at radius 2 is 1.63 bits per heavy atom. The predicted molar refractivity (Wildman–Crippen MR) is 112 cm³/mol. The van der Waals surface area contributed by atoms with E-state index in [0.717, 1.165) is 24.6 Å². The van der Waals surface area contributed by atoms with Gasteiger partial charge in [-0.2, -0.15) is 5.10 Å². The van der Waals surface area contributed by atoms with E-state index in [1.807, 2.05) is 31.5 Å². The summed E-state index contributed by atoms with van der Waals surface area (Å²) in [6.45, 7) is 7.77. The zero-order valence-electron chi connectivity index (χ0n) is 17.5. The molecule has 1 aromatic heterocycles. The lowest BCUT2D eigenvalue weighted by Gasteiger charge is -2.35. The largest absolute Gasteiger partial charge is 0.335 e. The second-order valence-electron chi connectivity index (χ2n) is 9.02. The van der Waals surface area contributed by atoms with E-state index in [4.69, 9.17) is 16.7 Å². The summed E-state index contributed by atoms with van der Waals surface area (Å²) in [6, 6.07) is 5.70. The number of carbonyl (C=O) groups is 2. The van der Waals surface area contributed by atoms with Crippen LogP contribution in [-0.4, -0.2) is 57.6 Å². The lowest BCUT2D eigenvalue weighted by molar-refractivity contribution is 0.0525. The van der Waals surface area contributed by atoms with Gasteiger partial charge in [-0.3, -0.25) is 14.3 Å². The molecule has 0 atom stereocenters. The number of aromatic nitrogens is 2. The molecule has 2 fully saturated rings. The van der Waals surface area contributed by atoms with E-state index in [0.29, 0.717) is 37.8 Å². The molecule has 8 heteroatoms. The summed E-state index contributed by atoms with van der Waals surface area (Å²) in [4.78, 5) is 29.4. The van der Waals surface area contributed by atoms with E-state index in [-0.39, 0.29) is 27.9 Å². The highest BCUT2D eigenvalue weighted by atomic mass is 35.5. The van der Waals surface area contributed by atoms with Gasteiger partial charge in [0.1, 0.15) is 11.5 Å². The number of rotatable bonds is 3. The van der Waals surface area contributed by atoms with Gasteiger partial charge >= 0.3 is 0 Å². The first-order valence-corrected chi connectivity index (χ1v) is 10.7. The summed E-state index contributed by atoms with van der Waals surface area (Å²) >= 11 is 6.03. The van der Waals surface area contributed by atoms with E-state index in [2.05, 4.69) is 0 Å². The third-order valence-electron chi connectivity index (χ3n) is 5.59. The number of hydrogen-bond acceptors (Lipinski definition) is 3. The topological polar surface area (TPSA) is 58.4 Å². The maximum Gasteiger partial charge on any atom is 0.272 e. The smallest absolute Gasteiger partial charge is 0.272 e. The van der Waals surface area contributed by atoms with E-state index in [1.165, 1.54) is 12.1 Å². The monoisotopic (exact) mass is 432 g/mol. The molecule has 0 N–H and O–H groups in total. The Kier molecular flexibility index (Phi) is 5.34. The molecule has 6 nitrogen and oxygen atoms in total. The number of benzene rings is 1. The SMILES string of the molecule is CC(C)(C)n1nc(C2CC2)cc1C(=O)N1CCN(C(=O)c2ccc(F)cc2Cl)CC1. The fourth-order valence-corrected chi connectivity index (χ4v) is 4.00. The average Bonchev–Trinajstić information content (AvgIpc) is 3.44. The lowest BCUT2D eigenvalue weighted by atomic mass is 10.1. The minimum Gasteiger partial charge on any atom is -0.335 e. The first-order valence-electron chi connectivity index (χ1n) is 10.3. The van der Waals surface area contributed by atoms with E-state index in [9.17, 15) is 14.0 Å². The van der Waals surface area contributed by atoms with Crippen LogP contribution in [0.1, 0.15) is 66.1 Å². The Morgan fingerprint density at radius 3 is 2.17 bits per heavy atom. The van der Waals surface area contributed by atoms with Gasteiger partial charge in [0.15, 0.2) is 0 Å². The van der Waals surface area contributed by atoms with Crippen molar-refractivity contribution in [3.05, 3.63) is 52.1 Å². The summed E-state index contributed by atoms with van der Waals surface area (Å²) < 4.78 is 15.1. The van der Waals surface area contributed by atoms with Crippen molar-refractivity contribution >= 4 is 23.4 Å². The predicted octanol–water partition coefficient (Wildman–Crippen LogP) is 3.91. The highest BCUT2D eigenvalue weighted by Crippen LogP contribution is 2.40. The van der Waals surface area contributed by atoms with E-state index in [1.54, 1.807) is 9.80 Å². The summed E-state index contributed by atoms with van der Waals surface area (Å²) in [5.41, 5.74) is 1.58. The fraction of sp³-hybridized carbons (Fsp3) is 0.500. The lowest BCUT2D eigenvalue weighted by Crippen LogP contribution is -2.51. The molecule has 0 spiro atoms. The van der Waals surface area contributed by atoms with Gasteiger partial charge in [0.25, 0.3) is 11.8 Å². The number of amides is 2. The second kappa shape index (κ2) is 7.69. The summed E-state index contributed by atoms with van der Waals surface area (Å²) in [5, 5.41) is 4.82. The van der Waals surface area contributed by atoms with Crippen molar-refractivity contribution in [2.75, 3.05) is 26.2 Å². The number of halogens is 2. The Morgan fingerprint density at radius 1 is 1.03 bits per heavy atom. The van der Waals surface area contributed by atoms with Crippen LogP contribution in [-0.2, 0) is 5.54 Å². The molecule has 1 saturated carbocycles. The number of piperazine rings is 1. The van der Waals surface area contributed by atoms with Crippen LogP contribution < -0.4 is 0 Å². The van der Waals surface area contributed by atoms with E-state index >= 15 is 0 Å².